The number of ether oxygens (including phenoxy) is 1. The summed E-state index contributed by atoms with van der Waals surface area (Å²) in [4.78, 5) is 14.7. The van der Waals surface area contributed by atoms with Crippen molar-refractivity contribution in [2.24, 2.45) is 7.05 Å². The number of rotatable bonds is 4. The van der Waals surface area contributed by atoms with E-state index in [1.165, 1.54) is 12.1 Å². The van der Waals surface area contributed by atoms with Gasteiger partial charge in [0.15, 0.2) is 0 Å². The van der Waals surface area contributed by atoms with Gasteiger partial charge < -0.3 is 9.64 Å². The third-order valence-corrected chi connectivity index (χ3v) is 4.73. The Hall–Kier alpha value is -3.29. The number of aryl methyl sites for hydroxylation is 2. The van der Waals surface area contributed by atoms with Crippen LogP contribution in [0.2, 0.25) is 0 Å². The predicted molar refractivity (Wildman–Crippen MR) is 100 cm³/mol. The summed E-state index contributed by atoms with van der Waals surface area (Å²) in [6.07, 6.45) is 0.606. The van der Waals surface area contributed by atoms with Crippen LogP contribution in [-0.4, -0.2) is 50.0 Å². The molecule has 2 aromatic heterocycles. The Bertz CT molecular complexity index is 985. The number of benzene rings is 1. The lowest BCUT2D eigenvalue weighted by Crippen LogP contribution is -2.32. The maximum absolute atomic E-state index is 13.1. The number of carbonyl (C=O) groups excluding carboxylic acids is 1. The van der Waals surface area contributed by atoms with Crippen LogP contribution in [0.25, 0.3) is 11.3 Å². The summed E-state index contributed by atoms with van der Waals surface area (Å²) in [5.41, 5.74) is 2.70. The lowest BCUT2D eigenvalue weighted by atomic mass is 10.1. The second-order valence-corrected chi connectivity index (χ2v) is 6.84. The topological polar surface area (TPSA) is 73.1 Å². The molecule has 1 amide bonds. The highest BCUT2D eigenvalue weighted by Crippen LogP contribution is 2.22. The first-order chi connectivity index (χ1) is 13.5. The molecule has 1 atom stereocenters. The lowest BCUT2D eigenvalue weighted by Gasteiger charge is -2.16. The molecule has 0 N–H and O–H groups in total. The van der Waals surface area contributed by atoms with Crippen molar-refractivity contribution in [3.63, 3.8) is 0 Å². The molecular formula is C20H20FN5O2. The maximum Gasteiger partial charge on any atom is 0.272 e. The molecule has 3 aromatic rings. The Morgan fingerprint density at radius 3 is 2.68 bits per heavy atom. The number of amides is 1. The largest absolute Gasteiger partial charge is 0.471 e. The van der Waals surface area contributed by atoms with E-state index < -0.39 is 0 Å². The van der Waals surface area contributed by atoms with E-state index in [2.05, 4.69) is 15.3 Å². The van der Waals surface area contributed by atoms with Crippen molar-refractivity contribution in [3.8, 4) is 17.1 Å². The summed E-state index contributed by atoms with van der Waals surface area (Å²) in [5, 5.41) is 12.4. The highest BCUT2D eigenvalue weighted by Gasteiger charge is 2.30. The summed E-state index contributed by atoms with van der Waals surface area (Å²) in [5.74, 6) is 0.0471. The average Bonchev–Trinajstić information content (AvgIpc) is 3.30. The molecule has 0 saturated carbocycles. The molecule has 1 unspecified atom stereocenters. The van der Waals surface area contributed by atoms with Crippen molar-refractivity contribution in [1.29, 1.82) is 0 Å². The molecule has 28 heavy (non-hydrogen) atoms. The summed E-state index contributed by atoms with van der Waals surface area (Å²) < 4.78 is 20.5. The summed E-state index contributed by atoms with van der Waals surface area (Å²) in [6.45, 7) is 2.94. The molecule has 3 heterocycles. The zero-order valence-corrected chi connectivity index (χ0v) is 15.7. The lowest BCUT2D eigenvalue weighted by molar-refractivity contribution is 0.0760. The standard InChI is InChI=1S/C20H20FN5O2/c1-13-3-8-19(23-22-13)28-16-9-10-26(12-16)20(27)18-11-17(24-25(18)2)14-4-6-15(21)7-5-14/h3-8,11,16H,9-10,12H2,1-2H3. The number of carbonyl (C=O) groups is 1. The SMILES string of the molecule is Cc1ccc(OC2CCN(C(=O)c3cc(-c4ccc(F)cc4)nn3C)C2)nn1. The minimum Gasteiger partial charge on any atom is -0.471 e. The number of halogens is 1. The van der Waals surface area contributed by atoms with Crippen LogP contribution >= 0.6 is 0 Å². The average molecular weight is 381 g/mol. The molecule has 0 spiro atoms. The molecule has 1 aromatic carbocycles. The van der Waals surface area contributed by atoms with Crippen LogP contribution < -0.4 is 4.74 Å². The van der Waals surface area contributed by atoms with Crippen molar-refractivity contribution < 1.29 is 13.9 Å². The van der Waals surface area contributed by atoms with Crippen LogP contribution in [0.5, 0.6) is 5.88 Å². The van der Waals surface area contributed by atoms with E-state index in [0.29, 0.717) is 30.4 Å². The molecule has 4 rings (SSSR count). The van der Waals surface area contributed by atoms with Crippen molar-refractivity contribution in [2.75, 3.05) is 13.1 Å². The van der Waals surface area contributed by atoms with Crippen molar-refractivity contribution in [2.45, 2.75) is 19.4 Å². The second kappa shape index (κ2) is 7.38. The molecule has 8 heteroatoms. The Morgan fingerprint density at radius 2 is 1.96 bits per heavy atom. The van der Waals surface area contributed by atoms with E-state index in [9.17, 15) is 9.18 Å². The first-order valence-electron chi connectivity index (χ1n) is 9.06. The maximum atomic E-state index is 13.1. The van der Waals surface area contributed by atoms with Gasteiger partial charge in [0, 0.05) is 31.6 Å². The Kier molecular flexibility index (Phi) is 4.77. The van der Waals surface area contributed by atoms with E-state index in [4.69, 9.17) is 4.74 Å². The number of hydrogen-bond acceptors (Lipinski definition) is 5. The van der Waals surface area contributed by atoms with E-state index in [-0.39, 0.29) is 17.8 Å². The highest BCUT2D eigenvalue weighted by molar-refractivity contribution is 5.94. The molecule has 1 aliphatic rings. The van der Waals surface area contributed by atoms with Gasteiger partial charge in [-0.1, -0.05) is 0 Å². The summed E-state index contributed by atoms with van der Waals surface area (Å²) >= 11 is 0. The van der Waals surface area contributed by atoms with Crippen LogP contribution in [-0.2, 0) is 7.05 Å². The molecular weight excluding hydrogens is 361 g/mol. The molecule has 144 valence electrons. The molecule has 0 aliphatic carbocycles. The van der Waals surface area contributed by atoms with E-state index in [0.717, 1.165) is 17.7 Å². The van der Waals surface area contributed by atoms with Crippen molar-refractivity contribution >= 4 is 5.91 Å². The van der Waals surface area contributed by atoms with Crippen molar-refractivity contribution in [1.82, 2.24) is 24.9 Å². The smallest absolute Gasteiger partial charge is 0.272 e. The van der Waals surface area contributed by atoms with Gasteiger partial charge in [-0.15, -0.1) is 5.10 Å². The van der Waals surface area contributed by atoms with Gasteiger partial charge in [0.05, 0.1) is 17.9 Å². The Labute approximate surface area is 161 Å². The van der Waals surface area contributed by atoms with Crippen LogP contribution in [0, 0.1) is 12.7 Å². The Balaban J connectivity index is 1.45. The zero-order chi connectivity index (χ0) is 19.7. The highest BCUT2D eigenvalue weighted by atomic mass is 19.1. The van der Waals surface area contributed by atoms with E-state index in [1.807, 2.05) is 13.0 Å². The quantitative estimate of drug-likeness (QED) is 0.695. The van der Waals surface area contributed by atoms with Crippen LogP contribution in [0.15, 0.2) is 42.5 Å². The zero-order valence-electron chi connectivity index (χ0n) is 15.7. The third kappa shape index (κ3) is 3.71. The third-order valence-electron chi connectivity index (χ3n) is 4.73. The fourth-order valence-electron chi connectivity index (χ4n) is 3.22. The van der Waals surface area contributed by atoms with Gasteiger partial charge in [-0.25, -0.2) is 4.39 Å². The number of nitrogens with zero attached hydrogens (tertiary/aromatic N) is 5. The molecule has 1 aliphatic heterocycles. The van der Waals surface area contributed by atoms with Gasteiger partial charge in [0.1, 0.15) is 17.6 Å². The van der Waals surface area contributed by atoms with Gasteiger partial charge >= 0.3 is 0 Å². The minimum atomic E-state index is -0.308. The van der Waals surface area contributed by atoms with Gasteiger partial charge in [-0.3, -0.25) is 9.48 Å². The second-order valence-electron chi connectivity index (χ2n) is 6.84. The summed E-state index contributed by atoms with van der Waals surface area (Å²) in [6, 6.07) is 11.4. The molecule has 1 fully saturated rings. The van der Waals surface area contributed by atoms with Gasteiger partial charge in [0.2, 0.25) is 5.88 Å². The first-order valence-corrected chi connectivity index (χ1v) is 9.06. The minimum absolute atomic E-state index is 0.107. The molecule has 0 bridgehead atoms. The fraction of sp³-hybridized carbons (Fsp3) is 0.300. The van der Waals surface area contributed by atoms with Crippen LogP contribution in [0.1, 0.15) is 22.6 Å². The van der Waals surface area contributed by atoms with Crippen molar-refractivity contribution in [3.05, 3.63) is 59.7 Å². The van der Waals surface area contributed by atoms with Gasteiger partial charge in [0.25, 0.3) is 5.91 Å². The van der Waals surface area contributed by atoms with E-state index in [1.54, 1.807) is 40.9 Å². The van der Waals surface area contributed by atoms with Gasteiger partial charge in [-0.05, 0) is 43.3 Å². The molecule has 1 saturated heterocycles. The monoisotopic (exact) mass is 381 g/mol. The first kappa shape index (κ1) is 18.1. The Morgan fingerprint density at radius 1 is 1.18 bits per heavy atom. The molecule has 0 radical (unpaired) electrons. The summed E-state index contributed by atoms with van der Waals surface area (Å²) in [7, 11) is 1.73. The molecule has 7 nitrogen and oxygen atoms in total. The fourth-order valence-corrected chi connectivity index (χ4v) is 3.22. The van der Waals surface area contributed by atoms with Gasteiger partial charge in [-0.2, -0.15) is 10.2 Å². The normalized spacial score (nSPS) is 16.4. The van der Waals surface area contributed by atoms with E-state index >= 15 is 0 Å². The number of likely N-dealkylation sites (tertiary alicyclic amines) is 1. The number of hydrogen-bond donors (Lipinski definition) is 0. The van der Waals surface area contributed by atoms with Crippen LogP contribution in [0.3, 0.4) is 0 Å². The number of aromatic nitrogens is 4. The van der Waals surface area contributed by atoms with Crippen LogP contribution in [0.4, 0.5) is 4.39 Å². The predicted octanol–water partition coefficient (Wildman–Crippen LogP) is 2.62.